The molecule has 0 amide bonds. The van der Waals surface area contributed by atoms with Crippen LogP contribution >= 0.6 is 0 Å². The molecule has 1 aliphatic rings. The minimum absolute atomic E-state index is 0.255. The van der Waals surface area contributed by atoms with E-state index in [-0.39, 0.29) is 5.56 Å². The lowest BCUT2D eigenvalue weighted by Gasteiger charge is -2.16. The molecule has 166 valence electrons. The van der Waals surface area contributed by atoms with E-state index in [4.69, 9.17) is 4.74 Å². The number of nitrogens with one attached hydrogen (secondary N) is 2. The third-order valence-corrected chi connectivity index (χ3v) is 5.47. The van der Waals surface area contributed by atoms with Gasteiger partial charge in [-0.05, 0) is 56.2 Å². The van der Waals surface area contributed by atoms with Gasteiger partial charge in [-0.1, -0.05) is 18.2 Å². The van der Waals surface area contributed by atoms with Crippen LogP contribution in [0.25, 0.3) is 11.3 Å². The molecule has 0 bridgehead atoms. The fraction of sp³-hybridized carbons (Fsp3) is 0.200. The maximum absolute atomic E-state index is 12.3. The molecular formula is C25H24N6O2. The highest BCUT2D eigenvalue weighted by molar-refractivity contribution is 5.64. The minimum Gasteiger partial charge on any atom is -0.457 e. The van der Waals surface area contributed by atoms with Gasteiger partial charge in [0.1, 0.15) is 11.5 Å². The number of rotatable bonds is 6. The Labute approximate surface area is 191 Å². The highest BCUT2D eigenvalue weighted by atomic mass is 16.5. The summed E-state index contributed by atoms with van der Waals surface area (Å²) in [6, 6.07) is 18.5. The summed E-state index contributed by atoms with van der Waals surface area (Å²) in [6.45, 7) is 3.87. The van der Waals surface area contributed by atoms with E-state index >= 15 is 0 Å². The third-order valence-electron chi connectivity index (χ3n) is 5.47. The smallest absolute Gasteiger partial charge is 0.252 e. The summed E-state index contributed by atoms with van der Waals surface area (Å²) < 4.78 is 5.82. The molecule has 2 aromatic heterocycles. The normalized spacial score (nSPS) is 13.2. The average Bonchev–Trinajstić information content (AvgIpc) is 3.36. The van der Waals surface area contributed by atoms with Gasteiger partial charge >= 0.3 is 0 Å². The second kappa shape index (κ2) is 9.12. The molecule has 33 heavy (non-hydrogen) atoms. The Balaban J connectivity index is 1.34. The van der Waals surface area contributed by atoms with Gasteiger partial charge in [-0.25, -0.2) is 15.0 Å². The molecule has 8 heteroatoms. The van der Waals surface area contributed by atoms with Crippen molar-refractivity contribution in [3.05, 3.63) is 82.9 Å². The molecule has 0 unspecified atom stereocenters. The Morgan fingerprint density at radius 1 is 0.970 bits per heavy atom. The maximum Gasteiger partial charge on any atom is 0.252 e. The van der Waals surface area contributed by atoms with Crippen LogP contribution in [0.3, 0.4) is 0 Å². The summed E-state index contributed by atoms with van der Waals surface area (Å²) in [4.78, 5) is 31.0. The second-order valence-corrected chi connectivity index (χ2v) is 7.91. The average molecular weight is 441 g/mol. The van der Waals surface area contributed by atoms with Crippen LogP contribution in [0, 0.1) is 6.92 Å². The van der Waals surface area contributed by atoms with Gasteiger partial charge in [0, 0.05) is 36.6 Å². The zero-order valence-corrected chi connectivity index (χ0v) is 18.3. The van der Waals surface area contributed by atoms with Crippen LogP contribution in [0.4, 0.5) is 17.6 Å². The maximum atomic E-state index is 12.3. The second-order valence-electron chi connectivity index (χ2n) is 7.91. The topological polar surface area (TPSA) is 96.0 Å². The highest BCUT2D eigenvalue weighted by Crippen LogP contribution is 2.25. The molecule has 0 radical (unpaired) electrons. The van der Waals surface area contributed by atoms with E-state index in [9.17, 15) is 4.79 Å². The van der Waals surface area contributed by atoms with Crippen molar-refractivity contribution in [2.45, 2.75) is 19.8 Å². The molecule has 1 saturated heterocycles. The zero-order chi connectivity index (χ0) is 22.6. The van der Waals surface area contributed by atoms with Crippen LogP contribution < -0.4 is 20.5 Å². The molecule has 4 aromatic rings. The number of aromatic amines is 1. The van der Waals surface area contributed by atoms with E-state index in [0.717, 1.165) is 54.6 Å². The molecule has 0 atom stereocenters. The minimum atomic E-state index is -0.255. The molecule has 1 aliphatic heterocycles. The van der Waals surface area contributed by atoms with E-state index in [1.54, 1.807) is 6.20 Å². The van der Waals surface area contributed by atoms with Crippen LogP contribution in [0.1, 0.15) is 18.5 Å². The molecule has 2 aromatic carbocycles. The van der Waals surface area contributed by atoms with E-state index in [2.05, 4.69) is 30.2 Å². The Bertz CT molecular complexity index is 1300. The van der Waals surface area contributed by atoms with Crippen LogP contribution in [-0.2, 0) is 0 Å². The SMILES string of the molecule is Cc1nc(N2CCCC2)ncc1-c1cc(=O)[nH]c(Nc2ccc(Oc3ccccc3)cc2)n1. The van der Waals surface area contributed by atoms with Crippen molar-refractivity contribution in [2.24, 2.45) is 0 Å². The number of para-hydroxylation sites is 1. The van der Waals surface area contributed by atoms with Gasteiger partial charge in [0.15, 0.2) is 0 Å². The van der Waals surface area contributed by atoms with Crippen molar-refractivity contribution in [1.29, 1.82) is 0 Å². The largest absolute Gasteiger partial charge is 0.457 e. The van der Waals surface area contributed by atoms with Gasteiger partial charge in [-0.15, -0.1) is 0 Å². The van der Waals surface area contributed by atoms with Gasteiger partial charge in [0.2, 0.25) is 11.9 Å². The summed E-state index contributed by atoms with van der Waals surface area (Å²) >= 11 is 0. The lowest BCUT2D eigenvalue weighted by Crippen LogP contribution is -2.20. The Kier molecular flexibility index (Phi) is 5.72. The van der Waals surface area contributed by atoms with Crippen LogP contribution in [0.15, 0.2) is 71.7 Å². The molecule has 0 saturated carbocycles. The zero-order valence-electron chi connectivity index (χ0n) is 18.3. The van der Waals surface area contributed by atoms with Gasteiger partial charge in [0.25, 0.3) is 5.56 Å². The number of hydrogen-bond donors (Lipinski definition) is 2. The molecular weight excluding hydrogens is 416 g/mol. The summed E-state index contributed by atoms with van der Waals surface area (Å²) in [7, 11) is 0. The van der Waals surface area contributed by atoms with Gasteiger partial charge in [0.05, 0.1) is 11.4 Å². The van der Waals surface area contributed by atoms with E-state index in [1.165, 1.54) is 6.07 Å². The molecule has 3 heterocycles. The number of hydrogen-bond acceptors (Lipinski definition) is 7. The number of ether oxygens (including phenoxy) is 1. The first kappa shape index (κ1) is 20.7. The third kappa shape index (κ3) is 4.85. The van der Waals surface area contributed by atoms with Crippen LogP contribution in [0.5, 0.6) is 11.5 Å². The number of nitrogens with zero attached hydrogens (tertiary/aromatic N) is 4. The molecule has 5 rings (SSSR count). The molecule has 0 spiro atoms. The van der Waals surface area contributed by atoms with Crippen molar-refractivity contribution in [2.75, 3.05) is 23.3 Å². The summed E-state index contributed by atoms with van der Waals surface area (Å²) in [5.74, 6) is 2.56. The highest BCUT2D eigenvalue weighted by Gasteiger charge is 2.17. The van der Waals surface area contributed by atoms with Crippen molar-refractivity contribution in [3.8, 4) is 22.8 Å². The van der Waals surface area contributed by atoms with Crippen molar-refractivity contribution in [1.82, 2.24) is 19.9 Å². The van der Waals surface area contributed by atoms with Crippen molar-refractivity contribution in [3.63, 3.8) is 0 Å². The fourth-order valence-electron chi connectivity index (χ4n) is 3.80. The fourth-order valence-corrected chi connectivity index (χ4v) is 3.80. The number of aromatic nitrogens is 4. The molecule has 0 aliphatic carbocycles. The molecule has 1 fully saturated rings. The molecule has 8 nitrogen and oxygen atoms in total. The predicted octanol–water partition coefficient (Wildman–Crippen LogP) is 4.67. The van der Waals surface area contributed by atoms with Crippen LogP contribution in [-0.4, -0.2) is 33.0 Å². The number of benzene rings is 2. The van der Waals surface area contributed by atoms with E-state index < -0.39 is 0 Å². The Hall–Kier alpha value is -4.20. The first-order valence-corrected chi connectivity index (χ1v) is 10.9. The predicted molar refractivity (Wildman–Crippen MR) is 128 cm³/mol. The number of H-pyrrole nitrogens is 1. The number of anilines is 3. The van der Waals surface area contributed by atoms with Crippen molar-refractivity contribution >= 4 is 17.6 Å². The molecule has 2 N–H and O–H groups in total. The lowest BCUT2D eigenvalue weighted by molar-refractivity contribution is 0.483. The summed E-state index contributed by atoms with van der Waals surface area (Å²) in [5.41, 5.74) is 2.57. The van der Waals surface area contributed by atoms with Gasteiger partial charge in [-0.2, -0.15) is 0 Å². The summed E-state index contributed by atoms with van der Waals surface area (Å²) in [6.07, 6.45) is 4.07. The summed E-state index contributed by atoms with van der Waals surface area (Å²) in [5, 5.41) is 3.15. The lowest BCUT2D eigenvalue weighted by atomic mass is 10.2. The monoisotopic (exact) mass is 440 g/mol. The van der Waals surface area contributed by atoms with E-state index in [1.807, 2.05) is 61.5 Å². The standard InChI is InChI=1S/C25H24N6O2/c1-17-21(16-26-25(27-17)31-13-5-6-14-31)22-15-23(32)30-24(29-22)28-18-9-11-20(12-10-18)33-19-7-3-2-4-8-19/h2-4,7-12,15-16H,5-6,13-14H2,1H3,(H2,28,29,30,32). The van der Waals surface area contributed by atoms with Crippen molar-refractivity contribution < 1.29 is 4.74 Å². The van der Waals surface area contributed by atoms with Crippen LogP contribution in [0.2, 0.25) is 0 Å². The Morgan fingerprint density at radius 2 is 1.70 bits per heavy atom. The number of aryl methyl sites for hydroxylation is 1. The van der Waals surface area contributed by atoms with Gasteiger partial charge in [-0.3, -0.25) is 9.78 Å². The first-order chi connectivity index (χ1) is 16.1. The Morgan fingerprint density at radius 3 is 2.42 bits per heavy atom. The first-order valence-electron chi connectivity index (χ1n) is 10.9. The van der Waals surface area contributed by atoms with E-state index in [0.29, 0.717) is 17.4 Å². The quantitative estimate of drug-likeness (QED) is 0.450. The van der Waals surface area contributed by atoms with Gasteiger partial charge < -0.3 is 15.0 Å².